The van der Waals surface area contributed by atoms with E-state index in [1.807, 2.05) is 12.3 Å². The minimum absolute atomic E-state index is 0.507. The van der Waals surface area contributed by atoms with Crippen LogP contribution in [0.3, 0.4) is 0 Å². The van der Waals surface area contributed by atoms with Crippen molar-refractivity contribution < 1.29 is 0 Å². The van der Waals surface area contributed by atoms with Crippen LogP contribution in [-0.4, -0.2) is 9.97 Å². The summed E-state index contributed by atoms with van der Waals surface area (Å²) >= 11 is 0. The molecule has 0 unspecified atom stereocenters. The molecule has 0 aliphatic rings. The summed E-state index contributed by atoms with van der Waals surface area (Å²) in [4.78, 5) is 8.58. The van der Waals surface area contributed by atoms with Crippen molar-refractivity contribution in [3.63, 3.8) is 0 Å². The van der Waals surface area contributed by atoms with E-state index in [-0.39, 0.29) is 0 Å². The summed E-state index contributed by atoms with van der Waals surface area (Å²) < 4.78 is 0. The van der Waals surface area contributed by atoms with Gasteiger partial charge in [0.1, 0.15) is 0 Å². The maximum Gasteiger partial charge on any atom is 0.0708 e. The summed E-state index contributed by atoms with van der Waals surface area (Å²) in [5.41, 5.74) is 9.85. The first kappa shape index (κ1) is 10.9. The van der Waals surface area contributed by atoms with Gasteiger partial charge < -0.3 is 5.73 Å². The van der Waals surface area contributed by atoms with Crippen molar-refractivity contribution in [3.8, 4) is 11.1 Å². The number of aromatic nitrogens is 2. The Kier molecular flexibility index (Phi) is 2.74. The van der Waals surface area contributed by atoms with Crippen LogP contribution in [0.1, 0.15) is 5.56 Å². The van der Waals surface area contributed by atoms with Crippen molar-refractivity contribution in [1.29, 1.82) is 0 Å². The Morgan fingerprint density at radius 3 is 2.83 bits per heavy atom. The molecular weight excluding hydrogens is 222 g/mol. The summed E-state index contributed by atoms with van der Waals surface area (Å²) in [6.45, 7) is 0.507. The molecule has 1 aromatic carbocycles. The van der Waals surface area contributed by atoms with Crippen LogP contribution in [0.4, 0.5) is 0 Å². The molecule has 0 saturated heterocycles. The first-order valence-corrected chi connectivity index (χ1v) is 5.86. The van der Waals surface area contributed by atoms with Gasteiger partial charge in [0.2, 0.25) is 0 Å². The number of hydrogen-bond donors (Lipinski definition) is 1. The molecule has 2 N–H and O–H groups in total. The van der Waals surface area contributed by atoms with E-state index in [4.69, 9.17) is 5.73 Å². The molecule has 0 aliphatic heterocycles. The highest BCUT2D eigenvalue weighted by molar-refractivity contribution is 5.83. The Balaban J connectivity index is 2.13. The van der Waals surface area contributed by atoms with Gasteiger partial charge in [-0.2, -0.15) is 0 Å². The predicted molar refractivity (Wildman–Crippen MR) is 72.9 cm³/mol. The summed E-state index contributed by atoms with van der Waals surface area (Å²) in [5, 5.41) is 1.14. The largest absolute Gasteiger partial charge is 0.326 e. The smallest absolute Gasteiger partial charge is 0.0708 e. The van der Waals surface area contributed by atoms with Gasteiger partial charge in [0.25, 0.3) is 0 Å². The van der Waals surface area contributed by atoms with Crippen molar-refractivity contribution in [3.05, 3.63) is 60.6 Å². The van der Waals surface area contributed by atoms with Gasteiger partial charge in [-0.15, -0.1) is 0 Å². The Hall–Kier alpha value is -2.26. The van der Waals surface area contributed by atoms with Gasteiger partial charge in [0.05, 0.1) is 5.52 Å². The molecule has 0 amide bonds. The standard InChI is InChI=1S/C15H13N3/c16-8-11-6-14(10-17-9-11)13-4-3-12-2-1-5-18-15(12)7-13/h1-7,9-10H,8,16H2. The molecule has 0 atom stereocenters. The SMILES string of the molecule is NCc1cncc(-c2ccc3cccnc3c2)c1. The molecule has 0 spiro atoms. The minimum atomic E-state index is 0.507. The van der Waals surface area contributed by atoms with Gasteiger partial charge >= 0.3 is 0 Å². The zero-order valence-electron chi connectivity index (χ0n) is 9.88. The van der Waals surface area contributed by atoms with E-state index in [9.17, 15) is 0 Å². The second kappa shape index (κ2) is 4.55. The highest BCUT2D eigenvalue weighted by Crippen LogP contribution is 2.23. The highest BCUT2D eigenvalue weighted by atomic mass is 14.7. The van der Waals surface area contributed by atoms with Crippen molar-refractivity contribution in [1.82, 2.24) is 9.97 Å². The topological polar surface area (TPSA) is 51.8 Å². The van der Waals surface area contributed by atoms with Gasteiger partial charge in [-0.3, -0.25) is 9.97 Å². The molecule has 18 heavy (non-hydrogen) atoms. The fourth-order valence-corrected chi connectivity index (χ4v) is 2.00. The van der Waals surface area contributed by atoms with E-state index in [0.717, 1.165) is 27.6 Å². The van der Waals surface area contributed by atoms with Crippen LogP contribution in [-0.2, 0) is 6.54 Å². The lowest BCUT2D eigenvalue weighted by molar-refractivity contribution is 1.05. The Labute approximate surface area is 105 Å². The maximum absolute atomic E-state index is 5.63. The molecule has 3 aromatic rings. The van der Waals surface area contributed by atoms with Crippen LogP contribution < -0.4 is 5.73 Å². The molecule has 2 aromatic heterocycles. The molecule has 0 bridgehead atoms. The molecule has 0 saturated carbocycles. The molecule has 0 fully saturated rings. The van der Waals surface area contributed by atoms with Gasteiger partial charge in [-0.05, 0) is 29.3 Å². The van der Waals surface area contributed by atoms with Crippen molar-refractivity contribution in [2.45, 2.75) is 6.54 Å². The summed E-state index contributed by atoms with van der Waals surface area (Å²) in [5.74, 6) is 0. The molecule has 2 heterocycles. The number of rotatable bonds is 2. The van der Waals surface area contributed by atoms with E-state index in [1.54, 1.807) is 12.4 Å². The monoisotopic (exact) mass is 235 g/mol. The van der Waals surface area contributed by atoms with Crippen LogP contribution in [0, 0.1) is 0 Å². The number of pyridine rings is 2. The van der Waals surface area contributed by atoms with E-state index < -0.39 is 0 Å². The molecule has 0 aliphatic carbocycles. The quantitative estimate of drug-likeness (QED) is 0.743. The van der Waals surface area contributed by atoms with Crippen molar-refractivity contribution in [2.24, 2.45) is 5.73 Å². The molecular formula is C15H13N3. The summed E-state index contributed by atoms with van der Waals surface area (Å²) in [7, 11) is 0. The van der Waals surface area contributed by atoms with Crippen molar-refractivity contribution in [2.75, 3.05) is 0 Å². The lowest BCUT2D eigenvalue weighted by Gasteiger charge is -2.04. The zero-order chi connectivity index (χ0) is 12.4. The average molecular weight is 235 g/mol. The number of fused-ring (bicyclic) bond motifs is 1. The highest BCUT2D eigenvalue weighted by Gasteiger charge is 2.01. The number of hydrogen-bond acceptors (Lipinski definition) is 3. The number of nitrogens with zero attached hydrogens (tertiary/aromatic N) is 2. The summed E-state index contributed by atoms with van der Waals surface area (Å²) in [6.07, 6.45) is 5.45. The summed E-state index contributed by atoms with van der Waals surface area (Å²) in [6, 6.07) is 12.3. The Morgan fingerprint density at radius 1 is 1.00 bits per heavy atom. The second-order valence-corrected chi connectivity index (χ2v) is 4.20. The van der Waals surface area contributed by atoms with Gasteiger partial charge in [0, 0.05) is 36.1 Å². The molecule has 3 nitrogen and oxygen atoms in total. The second-order valence-electron chi connectivity index (χ2n) is 4.20. The molecule has 3 rings (SSSR count). The third kappa shape index (κ3) is 1.96. The normalized spacial score (nSPS) is 10.7. The molecule has 0 radical (unpaired) electrons. The number of benzene rings is 1. The van der Waals surface area contributed by atoms with Crippen LogP contribution in [0.5, 0.6) is 0 Å². The van der Waals surface area contributed by atoms with Gasteiger partial charge in [0.15, 0.2) is 0 Å². The maximum atomic E-state index is 5.63. The minimum Gasteiger partial charge on any atom is -0.326 e. The average Bonchev–Trinajstić information content (AvgIpc) is 2.47. The zero-order valence-corrected chi connectivity index (χ0v) is 9.88. The van der Waals surface area contributed by atoms with E-state index in [2.05, 4.69) is 40.3 Å². The lowest BCUT2D eigenvalue weighted by atomic mass is 10.0. The van der Waals surface area contributed by atoms with Crippen molar-refractivity contribution >= 4 is 10.9 Å². The predicted octanol–water partition coefficient (Wildman–Crippen LogP) is 2.76. The van der Waals surface area contributed by atoms with Gasteiger partial charge in [-0.25, -0.2) is 0 Å². The number of nitrogens with two attached hydrogens (primary N) is 1. The molecule has 88 valence electrons. The van der Waals surface area contributed by atoms with E-state index in [1.165, 1.54) is 0 Å². The van der Waals surface area contributed by atoms with E-state index >= 15 is 0 Å². The van der Waals surface area contributed by atoms with Crippen LogP contribution in [0.15, 0.2) is 55.0 Å². The fraction of sp³-hybridized carbons (Fsp3) is 0.0667. The van der Waals surface area contributed by atoms with Crippen LogP contribution in [0.25, 0.3) is 22.0 Å². The third-order valence-corrected chi connectivity index (χ3v) is 2.97. The fourth-order valence-electron chi connectivity index (χ4n) is 2.00. The molecule has 3 heteroatoms. The first-order valence-electron chi connectivity index (χ1n) is 5.86. The van der Waals surface area contributed by atoms with Crippen LogP contribution >= 0.6 is 0 Å². The first-order chi connectivity index (χ1) is 8.86. The Bertz CT molecular complexity index is 692. The van der Waals surface area contributed by atoms with E-state index in [0.29, 0.717) is 6.54 Å². The Morgan fingerprint density at radius 2 is 1.94 bits per heavy atom. The lowest BCUT2D eigenvalue weighted by Crippen LogP contribution is -1.97. The van der Waals surface area contributed by atoms with Gasteiger partial charge in [-0.1, -0.05) is 18.2 Å². The van der Waals surface area contributed by atoms with Crippen LogP contribution in [0.2, 0.25) is 0 Å². The third-order valence-electron chi connectivity index (χ3n) is 2.97.